The van der Waals surface area contributed by atoms with Crippen molar-refractivity contribution in [2.45, 2.75) is 19.0 Å². The predicted octanol–water partition coefficient (Wildman–Crippen LogP) is 1.03. The molecule has 10 nitrogen and oxygen atoms in total. The van der Waals surface area contributed by atoms with Gasteiger partial charge >= 0.3 is 0 Å². The smallest absolute Gasteiger partial charge is 0.284 e. The molecule has 1 aliphatic heterocycles. The van der Waals surface area contributed by atoms with Gasteiger partial charge in [0, 0.05) is 55.7 Å². The van der Waals surface area contributed by atoms with Gasteiger partial charge in [-0.2, -0.15) is 0 Å². The molecule has 33 heavy (non-hydrogen) atoms. The van der Waals surface area contributed by atoms with Crippen molar-refractivity contribution in [1.82, 2.24) is 30.4 Å². The first-order valence-corrected chi connectivity index (χ1v) is 12.1. The number of hydrogen-bond acceptors (Lipinski definition) is 8. The third-order valence-electron chi connectivity index (χ3n) is 4.80. The van der Waals surface area contributed by atoms with E-state index in [9.17, 15) is 14.4 Å². The lowest BCUT2D eigenvalue weighted by Gasteiger charge is -2.22. The van der Waals surface area contributed by atoms with Crippen LogP contribution < -0.4 is 16.0 Å². The average molecular weight is 554 g/mol. The number of rotatable bonds is 6. The maximum Gasteiger partial charge on any atom is 0.284 e. The summed E-state index contributed by atoms with van der Waals surface area (Å²) < 4.78 is 0.773. The molecule has 0 unspecified atom stereocenters. The maximum atomic E-state index is 12.8. The van der Waals surface area contributed by atoms with Crippen LogP contribution in [0.5, 0.6) is 0 Å². The molecule has 0 radical (unpaired) electrons. The van der Waals surface area contributed by atoms with Crippen LogP contribution in [0.15, 0.2) is 22.8 Å². The van der Waals surface area contributed by atoms with E-state index in [0.29, 0.717) is 10.8 Å². The molecule has 0 bridgehead atoms. The zero-order valence-electron chi connectivity index (χ0n) is 18.3. The van der Waals surface area contributed by atoms with E-state index < -0.39 is 17.9 Å². The molecule has 3 amide bonds. The van der Waals surface area contributed by atoms with E-state index in [1.54, 1.807) is 32.4 Å². The highest BCUT2D eigenvalue weighted by Gasteiger charge is 2.27. The summed E-state index contributed by atoms with van der Waals surface area (Å²) in [5.74, 6) is -1.01. The van der Waals surface area contributed by atoms with E-state index in [4.69, 9.17) is 12.2 Å². The van der Waals surface area contributed by atoms with Crippen LogP contribution in [-0.4, -0.2) is 82.8 Å². The van der Waals surface area contributed by atoms with Crippen molar-refractivity contribution in [3.63, 3.8) is 0 Å². The minimum Gasteiger partial charge on any atom is -0.369 e. The van der Waals surface area contributed by atoms with Gasteiger partial charge in [-0.3, -0.25) is 14.4 Å². The summed E-state index contributed by atoms with van der Waals surface area (Å²) in [5.41, 5.74) is 0.927. The standard InChI is InChI=1S/C20H24BrN7O3S2/c1-27(2)20(31)13(9-23-18(32)16(29)26-15-5-4-11(21)8-22-15)24-17(30)19-25-12-6-7-28(3)10-14(12)33-19/h4-5,8,13H,6-7,9-10H2,1-3H3,(H,23,32)(H,24,30)(H,22,26,29)/t13-/m0/s1. The molecule has 1 atom stereocenters. The topological polar surface area (TPSA) is 120 Å². The van der Waals surface area contributed by atoms with Crippen molar-refractivity contribution < 1.29 is 14.4 Å². The van der Waals surface area contributed by atoms with Crippen LogP contribution in [0.25, 0.3) is 0 Å². The van der Waals surface area contributed by atoms with E-state index in [0.717, 1.165) is 34.6 Å². The fourth-order valence-electron chi connectivity index (χ4n) is 3.05. The van der Waals surface area contributed by atoms with Gasteiger partial charge in [0.1, 0.15) is 11.9 Å². The minimum absolute atomic E-state index is 0.0589. The molecule has 2 aromatic heterocycles. The van der Waals surface area contributed by atoms with Crippen LogP contribution in [0.1, 0.15) is 20.4 Å². The molecule has 0 saturated heterocycles. The first kappa shape index (κ1) is 25.1. The van der Waals surface area contributed by atoms with Crippen molar-refractivity contribution in [3.05, 3.63) is 38.4 Å². The number of carbonyl (C=O) groups is 3. The summed E-state index contributed by atoms with van der Waals surface area (Å²) in [6.45, 7) is 1.58. The van der Waals surface area contributed by atoms with Crippen molar-refractivity contribution in [2.24, 2.45) is 0 Å². The third-order valence-corrected chi connectivity index (χ3v) is 6.68. The number of fused-ring (bicyclic) bond motifs is 1. The highest BCUT2D eigenvalue weighted by Crippen LogP contribution is 2.24. The van der Waals surface area contributed by atoms with E-state index in [-0.39, 0.29) is 17.4 Å². The van der Waals surface area contributed by atoms with Crippen LogP contribution in [0.4, 0.5) is 5.82 Å². The van der Waals surface area contributed by atoms with E-state index in [1.165, 1.54) is 16.2 Å². The van der Waals surface area contributed by atoms with E-state index >= 15 is 0 Å². The quantitative estimate of drug-likeness (QED) is 0.454. The Balaban J connectivity index is 1.62. The Bertz CT molecular complexity index is 1060. The van der Waals surface area contributed by atoms with Crippen LogP contribution >= 0.6 is 39.5 Å². The van der Waals surface area contributed by atoms with Gasteiger partial charge in [0.15, 0.2) is 10.00 Å². The molecule has 13 heteroatoms. The molecule has 0 spiro atoms. The van der Waals surface area contributed by atoms with Crippen LogP contribution in [0.2, 0.25) is 0 Å². The second-order valence-corrected chi connectivity index (χ2v) is 10.1. The SMILES string of the molecule is CN1CCc2nc(C(=O)N[C@@H](CNC(=S)C(=O)Nc3ccc(Br)cn3)C(=O)N(C)C)sc2C1. The van der Waals surface area contributed by atoms with Crippen molar-refractivity contribution >= 4 is 68.0 Å². The number of carbonyl (C=O) groups excluding carboxylic acids is 3. The summed E-state index contributed by atoms with van der Waals surface area (Å²) >= 11 is 9.74. The molecular weight excluding hydrogens is 530 g/mol. The zero-order chi connectivity index (χ0) is 24.1. The zero-order valence-corrected chi connectivity index (χ0v) is 21.6. The van der Waals surface area contributed by atoms with Crippen LogP contribution in [0, 0.1) is 0 Å². The van der Waals surface area contributed by atoms with Gasteiger partial charge in [0.05, 0.1) is 5.69 Å². The number of thiazole rings is 1. The Morgan fingerprint density at radius 1 is 1.33 bits per heavy atom. The molecule has 0 aliphatic carbocycles. The van der Waals surface area contributed by atoms with Gasteiger partial charge < -0.3 is 25.8 Å². The molecule has 176 valence electrons. The lowest BCUT2D eigenvalue weighted by Crippen LogP contribution is -2.53. The monoisotopic (exact) mass is 553 g/mol. The lowest BCUT2D eigenvalue weighted by molar-refractivity contribution is -0.130. The molecule has 2 aromatic rings. The minimum atomic E-state index is -0.937. The number of pyridine rings is 1. The Kier molecular flexibility index (Phi) is 8.46. The maximum absolute atomic E-state index is 12.8. The number of likely N-dealkylation sites (N-methyl/N-ethyl adjacent to an activating group) is 2. The van der Waals surface area contributed by atoms with Gasteiger partial charge in [-0.25, -0.2) is 9.97 Å². The second-order valence-electron chi connectivity index (χ2n) is 7.66. The average Bonchev–Trinajstić information content (AvgIpc) is 3.20. The Morgan fingerprint density at radius 3 is 2.76 bits per heavy atom. The third kappa shape index (κ3) is 6.76. The summed E-state index contributed by atoms with van der Waals surface area (Å²) in [5, 5.41) is 8.36. The van der Waals surface area contributed by atoms with E-state index in [2.05, 4.69) is 46.7 Å². The number of thiocarbonyl (C=S) groups is 1. The summed E-state index contributed by atoms with van der Waals surface area (Å²) in [6.07, 6.45) is 2.33. The van der Waals surface area contributed by atoms with Crippen molar-refractivity contribution in [3.8, 4) is 0 Å². The Labute approximate surface area is 209 Å². The lowest BCUT2D eigenvalue weighted by atomic mass is 10.2. The molecule has 3 heterocycles. The fourth-order valence-corrected chi connectivity index (χ4v) is 4.51. The second kappa shape index (κ2) is 11.1. The molecule has 1 aliphatic rings. The van der Waals surface area contributed by atoms with Crippen LogP contribution in [-0.2, 0) is 22.6 Å². The molecule has 0 saturated carbocycles. The molecule has 3 N–H and O–H groups in total. The Morgan fingerprint density at radius 2 is 2.09 bits per heavy atom. The molecule has 0 aromatic carbocycles. The highest BCUT2D eigenvalue weighted by molar-refractivity contribution is 9.10. The summed E-state index contributed by atoms with van der Waals surface area (Å²) in [6, 6.07) is 2.41. The molecular formula is C20H24BrN7O3S2. The largest absolute Gasteiger partial charge is 0.369 e. The number of aromatic nitrogens is 2. The normalized spacial score (nSPS) is 14.1. The number of amides is 3. The predicted molar refractivity (Wildman–Crippen MR) is 133 cm³/mol. The van der Waals surface area contributed by atoms with Crippen molar-refractivity contribution in [1.29, 1.82) is 0 Å². The number of hydrogen-bond donors (Lipinski definition) is 3. The van der Waals surface area contributed by atoms with Gasteiger partial charge in [-0.05, 0) is 35.1 Å². The summed E-state index contributed by atoms with van der Waals surface area (Å²) in [7, 11) is 5.19. The van der Waals surface area contributed by atoms with Gasteiger partial charge in [0.2, 0.25) is 5.91 Å². The highest BCUT2D eigenvalue weighted by atomic mass is 79.9. The van der Waals surface area contributed by atoms with Gasteiger partial charge in [0.25, 0.3) is 11.8 Å². The molecule has 3 rings (SSSR count). The number of anilines is 1. The number of halogens is 1. The summed E-state index contributed by atoms with van der Waals surface area (Å²) in [4.78, 5) is 50.8. The van der Waals surface area contributed by atoms with Gasteiger partial charge in [-0.15, -0.1) is 11.3 Å². The first-order valence-electron chi connectivity index (χ1n) is 10.0. The van der Waals surface area contributed by atoms with Crippen molar-refractivity contribution in [2.75, 3.05) is 39.5 Å². The van der Waals surface area contributed by atoms with Crippen LogP contribution in [0.3, 0.4) is 0 Å². The number of nitrogens with one attached hydrogen (secondary N) is 3. The van der Waals surface area contributed by atoms with E-state index in [1.807, 2.05) is 7.05 Å². The number of nitrogens with zero attached hydrogens (tertiary/aromatic N) is 4. The first-order chi connectivity index (χ1) is 15.6. The Hall–Kier alpha value is -2.48. The molecule has 0 fully saturated rings. The van der Waals surface area contributed by atoms with Gasteiger partial charge in [-0.1, -0.05) is 12.2 Å². The fraction of sp³-hybridized carbons (Fsp3) is 0.400.